The summed E-state index contributed by atoms with van der Waals surface area (Å²) in [6, 6.07) is 9.00. The molecule has 0 N–H and O–H groups in total. The number of aryl methyl sites for hydroxylation is 1. The van der Waals surface area contributed by atoms with Gasteiger partial charge < -0.3 is 9.80 Å². The Morgan fingerprint density at radius 1 is 1.09 bits per heavy atom. The lowest BCUT2D eigenvalue weighted by Crippen LogP contribution is -2.49. The van der Waals surface area contributed by atoms with Crippen LogP contribution in [-0.4, -0.2) is 47.0 Å². The van der Waals surface area contributed by atoms with E-state index in [2.05, 4.69) is 14.9 Å². The number of carbonyl (C=O) groups excluding carboxylic acids is 1. The topological polar surface area (TPSA) is 49.3 Å². The molecule has 1 saturated heterocycles. The van der Waals surface area contributed by atoms with Crippen LogP contribution in [0.3, 0.4) is 0 Å². The van der Waals surface area contributed by atoms with E-state index in [0.717, 1.165) is 24.6 Å². The first kappa shape index (κ1) is 14.8. The zero-order valence-electron chi connectivity index (χ0n) is 12.4. The first-order chi connectivity index (χ1) is 10.6. The number of halogens is 1. The van der Waals surface area contributed by atoms with Gasteiger partial charge in [0.2, 0.25) is 0 Å². The van der Waals surface area contributed by atoms with Crippen LogP contribution < -0.4 is 4.90 Å². The van der Waals surface area contributed by atoms with Gasteiger partial charge in [0.15, 0.2) is 0 Å². The van der Waals surface area contributed by atoms with Gasteiger partial charge in [0.25, 0.3) is 5.91 Å². The number of nitrogens with zero attached hydrogens (tertiary/aromatic N) is 4. The second-order valence-electron chi connectivity index (χ2n) is 5.30. The van der Waals surface area contributed by atoms with Crippen molar-refractivity contribution < 1.29 is 4.79 Å². The zero-order valence-corrected chi connectivity index (χ0v) is 13.1. The average molecular weight is 317 g/mol. The van der Waals surface area contributed by atoms with Crippen LogP contribution in [0.2, 0.25) is 5.02 Å². The lowest BCUT2D eigenvalue weighted by atomic mass is 10.2. The van der Waals surface area contributed by atoms with Crippen molar-refractivity contribution in [2.75, 3.05) is 31.1 Å². The predicted molar refractivity (Wildman–Crippen MR) is 86.3 cm³/mol. The van der Waals surface area contributed by atoms with Crippen LogP contribution in [-0.2, 0) is 0 Å². The van der Waals surface area contributed by atoms with Gasteiger partial charge in [-0.1, -0.05) is 11.6 Å². The van der Waals surface area contributed by atoms with Gasteiger partial charge in [0, 0.05) is 48.5 Å². The molecule has 0 saturated carbocycles. The summed E-state index contributed by atoms with van der Waals surface area (Å²) in [5.41, 5.74) is 1.63. The van der Waals surface area contributed by atoms with Crippen molar-refractivity contribution in [1.82, 2.24) is 14.9 Å². The predicted octanol–water partition coefficient (Wildman–Crippen LogP) is 2.40. The second kappa shape index (κ2) is 6.32. The van der Waals surface area contributed by atoms with E-state index in [9.17, 15) is 4.79 Å². The van der Waals surface area contributed by atoms with Crippen LogP contribution in [0.1, 0.15) is 16.1 Å². The van der Waals surface area contributed by atoms with Crippen molar-refractivity contribution in [2.24, 2.45) is 0 Å². The van der Waals surface area contributed by atoms with Crippen LogP contribution in [0.5, 0.6) is 0 Å². The van der Waals surface area contributed by atoms with Crippen molar-refractivity contribution in [3.8, 4) is 0 Å². The number of carbonyl (C=O) groups is 1. The standard InChI is InChI=1S/C16H17ClN4O/c1-12-10-15(19-11-18-12)20-6-8-21(9-7-20)16(22)13-2-4-14(17)5-3-13/h2-5,10-11H,6-9H2,1H3. The third kappa shape index (κ3) is 3.20. The molecule has 0 aliphatic carbocycles. The Bertz CT molecular complexity index is 666. The summed E-state index contributed by atoms with van der Waals surface area (Å²) < 4.78 is 0. The van der Waals surface area contributed by atoms with Crippen LogP contribution in [0, 0.1) is 6.92 Å². The molecule has 0 radical (unpaired) electrons. The Kier molecular flexibility index (Phi) is 4.24. The second-order valence-corrected chi connectivity index (χ2v) is 5.74. The highest BCUT2D eigenvalue weighted by molar-refractivity contribution is 6.30. The molecule has 1 fully saturated rings. The first-order valence-corrected chi connectivity index (χ1v) is 7.60. The molecule has 2 heterocycles. The lowest BCUT2D eigenvalue weighted by molar-refractivity contribution is 0.0746. The van der Waals surface area contributed by atoms with Crippen LogP contribution >= 0.6 is 11.6 Å². The summed E-state index contributed by atoms with van der Waals surface area (Å²) in [5, 5.41) is 0.639. The molecule has 22 heavy (non-hydrogen) atoms. The fourth-order valence-electron chi connectivity index (χ4n) is 2.53. The Balaban J connectivity index is 1.64. The Morgan fingerprint density at radius 2 is 1.77 bits per heavy atom. The zero-order chi connectivity index (χ0) is 15.5. The molecule has 1 aromatic carbocycles. The Hall–Kier alpha value is -2.14. The van der Waals surface area contributed by atoms with Crippen LogP contribution in [0.25, 0.3) is 0 Å². The highest BCUT2D eigenvalue weighted by Gasteiger charge is 2.22. The largest absolute Gasteiger partial charge is 0.353 e. The minimum Gasteiger partial charge on any atom is -0.353 e. The molecule has 6 heteroatoms. The molecular formula is C16H17ClN4O. The minimum atomic E-state index is 0.0511. The van der Waals surface area contributed by atoms with Gasteiger partial charge in [0.1, 0.15) is 12.1 Å². The third-order valence-corrected chi connectivity index (χ3v) is 4.02. The van der Waals surface area contributed by atoms with E-state index < -0.39 is 0 Å². The first-order valence-electron chi connectivity index (χ1n) is 7.22. The normalized spacial score (nSPS) is 15.0. The highest BCUT2D eigenvalue weighted by atomic mass is 35.5. The molecule has 0 spiro atoms. The van der Waals surface area contributed by atoms with Crippen molar-refractivity contribution >= 4 is 23.3 Å². The Labute approximate surface area is 134 Å². The molecule has 1 aromatic heterocycles. The van der Waals surface area contributed by atoms with Crippen LogP contribution in [0.15, 0.2) is 36.7 Å². The van der Waals surface area contributed by atoms with E-state index in [1.54, 1.807) is 30.6 Å². The van der Waals surface area contributed by atoms with E-state index in [1.807, 2.05) is 17.9 Å². The summed E-state index contributed by atoms with van der Waals surface area (Å²) in [6.07, 6.45) is 1.58. The van der Waals surface area contributed by atoms with Gasteiger partial charge in [-0.15, -0.1) is 0 Å². The van der Waals surface area contributed by atoms with E-state index >= 15 is 0 Å². The minimum absolute atomic E-state index is 0.0511. The number of aromatic nitrogens is 2. The van der Waals surface area contributed by atoms with Crippen molar-refractivity contribution in [3.63, 3.8) is 0 Å². The summed E-state index contributed by atoms with van der Waals surface area (Å²) in [7, 11) is 0. The van der Waals surface area contributed by atoms with Crippen molar-refractivity contribution in [1.29, 1.82) is 0 Å². The fraction of sp³-hybridized carbons (Fsp3) is 0.312. The molecule has 1 amide bonds. The fourth-order valence-corrected chi connectivity index (χ4v) is 2.65. The Morgan fingerprint density at radius 3 is 2.41 bits per heavy atom. The number of anilines is 1. The highest BCUT2D eigenvalue weighted by Crippen LogP contribution is 2.16. The molecule has 114 valence electrons. The summed E-state index contributed by atoms with van der Waals surface area (Å²) >= 11 is 5.86. The molecule has 3 rings (SSSR count). The maximum Gasteiger partial charge on any atom is 0.253 e. The SMILES string of the molecule is Cc1cc(N2CCN(C(=O)c3ccc(Cl)cc3)CC2)ncn1. The molecule has 0 bridgehead atoms. The quantitative estimate of drug-likeness (QED) is 0.853. The molecule has 0 atom stereocenters. The van der Waals surface area contributed by atoms with Gasteiger partial charge in [-0.3, -0.25) is 4.79 Å². The summed E-state index contributed by atoms with van der Waals surface area (Å²) in [6.45, 7) is 4.87. The maximum absolute atomic E-state index is 12.4. The third-order valence-electron chi connectivity index (χ3n) is 3.77. The lowest BCUT2D eigenvalue weighted by Gasteiger charge is -2.35. The molecule has 0 unspecified atom stereocenters. The van der Waals surface area contributed by atoms with Crippen LogP contribution in [0.4, 0.5) is 5.82 Å². The smallest absolute Gasteiger partial charge is 0.253 e. The number of piperazine rings is 1. The van der Waals surface area contributed by atoms with E-state index in [-0.39, 0.29) is 5.91 Å². The van der Waals surface area contributed by atoms with Gasteiger partial charge in [-0.25, -0.2) is 9.97 Å². The molecular weight excluding hydrogens is 300 g/mol. The number of hydrogen-bond acceptors (Lipinski definition) is 4. The number of amides is 1. The number of benzene rings is 1. The average Bonchev–Trinajstić information content (AvgIpc) is 2.55. The molecule has 1 aliphatic rings. The van der Waals surface area contributed by atoms with Gasteiger partial charge in [-0.05, 0) is 31.2 Å². The molecule has 1 aliphatic heterocycles. The summed E-state index contributed by atoms with van der Waals surface area (Å²) in [5.74, 6) is 0.973. The van der Waals surface area contributed by atoms with Crippen molar-refractivity contribution in [2.45, 2.75) is 6.92 Å². The van der Waals surface area contributed by atoms with E-state index in [4.69, 9.17) is 11.6 Å². The number of rotatable bonds is 2. The maximum atomic E-state index is 12.4. The van der Waals surface area contributed by atoms with Gasteiger partial charge in [-0.2, -0.15) is 0 Å². The monoisotopic (exact) mass is 316 g/mol. The van der Waals surface area contributed by atoms with Gasteiger partial charge in [0.05, 0.1) is 0 Å². The van der Waals surface area contributed by atoms with E-state index in [1.165, 1.54) is 0 Å². The summed E-state index contributed by atoms with van der Waals surface area (Å²) in [4.78, 5) is 24.9. The van der Waals surface area contributed by atoms with Crippen molar-refractivity contribution in [3.05, 3.63) is 52.9 Å². The molecule has 5 nitrogen and oxygen atoms in total. The van der Waals surface area contributed by atoms with Gasteiger partial charge >= 0.3 is 0 Å². The molecule has 2 aromatic rings. The number of hydrogen-bond donors (Lipinski definition) is 0. The van der Waals surface area contributed by atoms with E-state index in [0.29, 0.717) is 23.7 Å².